The minimum Gasteiger partial charge on any atom is -0.365 e. The highest BCUT2D eigenvalue weighted by Crippen LogP contribution is 2.22. The third kappa shape index (κ3) is 3.81. The van der Waals surface area contributed by atoms with Gasteiger partial charge in [-0.3, -0.25) is 4.79 Å². The lowest BCUT2D eigenvalue weighted by Gasteiger charge is -2.12. The molecule has 21 heavy (non-hydrogen) atoms. The standard InChI is InChI=1S/C13H13BrN2O4S/c1-8-2-3-12(20-8)13(17)16-21(18,19)11-5-9(7-15)4-10(14)6-11/h4-6,8,12H,2-3H2,1H3,(H,16,17)/t8-,12-/m0/s1. The summed E-state index contributed by atoms with van der Waals surface area (Å²) in [5, 5.41) is 8.86. The van der Waals surface area contributed by atoms with Crippen molar-refractivity contribution >= 4 is 31.9 Å². The van der Waals surface area contributed by atoms with E-state index in [0.29, 0.717) is 17.3 Å². The minimum atomic E-state index is -4.03. The van der Waals surface area contributed by atoms with Crippen LogP contribution in [0.1, 0.15) is 25.3 Å². The molecule has 1 saturated heterocycles. The number of hydrogen-bond donors (Lipinski definition) is 1. The maximum atomic E-state index is 12.2. The van der Waals surface area contributed by atoms with Crippen molar-refractivity contribution in [1.29, 1.82) is 5.26 Å². The summed E-state index contributed by atoms with van der Waals surface area (Å²) >= 11 is 3.13. The number of hydrogen-bond acceptors (Lipinski definition) is 5. The van der Waals surface area contributed by atoms with Crippen LogP contribution in [-0.4, -0.2) is 26.5 Å². The Labute approximate surface area is 131 Å². The van der Waals surface area contributed by atoms with E-state index in [-0.39, 0.29) is 16.6 Å². The number of rotatable bonds is 3. The van der Waals surface area contributed by atoms with Crippen LogP contribution in [0.5, 0.6) is 0 Å². The van der Waals surface area contributed by atoms with Gasteiger partial charge in [0.25, 0.3) is 15.9 Å². The average molecular weight is 373 g/mol. The van der Waals surface area contributed by atoms with Crippen molar-refractivity contribution in [3.05, 3.63) is 28.2 Å². The van der Waals surface area contributed by atoms with Gasteiger partial charge < -0.3 is 4.74 Å². The normalized spacial score (nSPS) is 21.8. The molecule has 1 N–H and O–H groups in total. The Morgan fingerprint density at radius 3 is 2.71 bits per heavy atom. The molecule has 0 radical (unpaired) electrons. The Balaban J connectivity index is 2.21. The summed E-state index contributed by atoms with van der Waals surface area (Å²) in [5.74, 6) is -0.683. The molecule has 0 saturated carbocycles. The number of halogens is 1. The molecule has 6 nitrogen and oxygen atoms in total. The lowest BCUT2D eigenvalue weighted by molar-refractivity contribution is -0.129. The SMILES string of the molecule is C[C@H]1CC[C@@H](C(=O)NS(=O)(=O)c2cc(Br)cc(C#N)c2)O1. The molecule has 112 valence electrons. The van der Waals surface area contributed by atoms with Gasteiger partial charge in [-0.1, -0.05) is 15.9 Å². The molecule has 1 aromatic carbocycles. The quantitative estimate of drug-likeness (QED) is 0.870. The maximum absolute atomic E-state index is 12.2. The Morgan fingerprint density at radius 2 is 2.14 bits per heavy atom. The van der Waals surface area contributed by atoms with E-state index < -0.39 is 22.0 Å². The summed E-state index contributed by atoms with van der Waals surface area (Å²) in [6.45, 7) is 1.83. The first-order chi connectivity index (χ1) is 9.81. The van der Waals surface area contributed by atoms with Gasteiger partial charge in [-0.25, -0.2) is 13.1 Å². The van der Waals surface area contributed by atoms with E-state index in [1.165, 1.54) is 18.2 Å². The van der Waals surface area contributed by atoms with Crippen LogP contribution >= 0.6 is 15.9 Å². The van der Waals surface area contributed by atoms with Crippen molar-refractivity contribution in [1.82, 2.24) is 4.72 Å². The zero-order valence-corrected chi connectivity index (χ0v) is 13.6. The maximum Gasteiger partial charge on any atom is 0.264 e. The molecule has 1 heterocycles. The largest absolute Gasteiger partial charge is 0.365 e. The summed E-state index contributed by atoms with van der Waals surface area (Å²) in [6.07, 6.45) is 0.398. The average Bonchev–Trinajstić information content (AvgIpc) is 2.84. The first-order valence-corrected chi connectivity index (χ1v) is 8.52. The Bertz CT molecular complexity index is 711. The van der Waals surface area contributed by atoms with Crippen LogP contribution in [0.3, 0.4) is 0 Å². The van der Waals surface area contributed by atoms with Crippen molar-refractivity contribution in [3.63, 3.8) is 0 Å². The van der Waals surface area contributed by atoms with Gasteiger partial charge in [-0.2, -0.15) is 5.26 Å². The third-order valence-electron chi connectivity index (χ3n) is 3.07. The van der Waals surface area contributed by atoms with E-state index >= 15 is 0 Å². The fourth-order valence-corrected chi connectivity index (χ4v) is 3.76. The fourth-order valence-electron chi connectivity index (χ4n) is 2.03. The second kappa shape index (κ2) is 6.13. The Morgan fingerprint density at radius 1 is 1.43 bits per heavy atom. The molecular weight excluding hydrogens is 360 g/mol. The second-order valence-electron chi connectivity index (χ2n) is 4.77. The summed E-state index contributed by atoms with van der Waals surface area (Å²) in [5.41, 5.74) is 0.183. The van der Waals surface area contributed by atoms with Crippen molar-refractivity contribution in [2.75, 3.05) is 0 Å². The number of carbonyl (C=O) groups is 1. The van der Waals surface area contributed by atoms with Gasteiger partial charge >= 0.3 is 0 Å². The number of sulfonamides is 1. The van der Waals surface area contributed by atoms with E-state index in [2.05, 4.69) is 15.9 Å². The molecule has 0 spiro atoms. The lowest BCUT2D eigenvalue weighted by atomic mass is 10.2. The molecule has 0 aromatic heterocycles. The van der Waals surface area contributed by atoms with E-state index in [9.17, 15) is 13.2 Å². The summed E-state index contributed by atoms with van der Waals surface area (Å²) in [7, 11) is -4.03. The fraction of sp³-hybridized carbons (Fsp3) is 0.385. The minimum absolute atomic E-state index is 0.0560. The molecule has 1 aliphatic rings. The molecule has 0 bridgehead atoms. The van der Waals surface area contributed by atoms with Crippen LogP contribution in [0, 0.1) is 11.3 Å². The van der Waals surface area contributed by atoms with E-state index in [4.69, 9.17) is 10.00 Å². The Kier molecular flexibility index (Phi) is 4.66. The topological polar surface area (TPSA) is 96.3 Å². The number of benzene rings is 1. The zero-order chi connectivity index (χ0) is 15.6. The van der Waals surface area contributed by atoms with Gasteiger partial charge in [0.15, 0.2) is 0 Å². The smallest absolute Gasteiger partial charge is 0.264 e. The van der Waals surface area contributed by atoms with Crippen LogP contribution in [-0.2, 0) is 19.6 Å². The number of nitriles is 1. The van der Waals surface area contributed by atoms with Crippen LogP contribution in [0.2, 0.25) is 0 Å². The van der Waals surface area contributed by atoms with Crippen LogP contribution < -0.4 is 4.72 Å². The van der Waals surface area contributed by atoms with Crippen LogP contribution in [0.15, 0.2) is 27.6 Å². The van der Waals surface area contributed by atoms with Gasteiger partial charge in [0, 0.05) is 4.47 Å². The molecule has 1 aliphatic heterocycles. The molecule has 1 aromatic rings. The van der Waals surface area contributed by atoms with Gasteiger partial charge in [-0.05, 0) is 38.0 Å². The summed E-state index contributed by atoms with van der Waals surface area (Å²) < 4.78 is 32.1. The second-order valence-corrected chi connectivity index (χ2v) is 7.37. The van der Waals surface area contributed by atoms with Crippen LogP contribution in [0.4, 0.5) is 0 Å². The highest BCUT2D eigenvalue weighted by Gasteiger charge is 2.31. The molecule has 0 unspecified atom stereocenters. The molecule has 2 rings (SSSR count). The van der Waals surface area contributed by atoms with Gasteiger partial charge in [0.1, 0.15) is 6.10 Å². The first-order valence-electron chi connectivity index (χ1n) is 6.24. The lowest BCUT2D eigenvalue weighted by Crippen LogP contribution is -2.38. The van der Waals surface area contributed by atoms with Gasteiger partial charge in [-0.15, -0.1) is 0 Å². The highest BCUT2D eigenvalue weighted by atomic mass is 79.9. The molecule has 1 fully saturated rings. The Hall–Kier alpha value is -1.43. The van der Waals surface area contributed by atoms with Gasteiger partial charge in [0.2, 0.25) is 0 Å². The number of amides is 1. The van der Waals surface area contributed by atoms with Crippen molar-refractivity contribution < 1.29 is 17.9 Å². The predicted molar refractivity (Wildman–Crippen MR) is 77.8 cm³/mol. The molecule has 8 heteroatoms. The monoisotopic (exact) mass is 372 g/mol. The molecule has 1 amide bonds. The molecular formula is C13H13BrN2O4S. The van der Waals surface area contributed by atoms with Crippen LogP contribution in [0.25, 0.3) is 0 Å². The summed E-state index contributed by atoms with van der Waals surface area (Å²) in [6, 6.07) is 5.89. The number of nitrogens with zero attached hydrogens (tertiary/aromatic N) is 1. The zero-order valence-electron chi connectivity index (χ0n) is 11.2. The van der Waals surface area contributed by atoms with Gasteiger partial charge in [0.05, 0.1) is 22.6 Å². The highest BCUT2D eigenvalue weighted by molar-refractivity contribution is 9.10. The van der Waals surface area contributed by atoms with E-state index in [0.717, 1.165) is 0 Å². The first kappa shape index (κ1) is 15.9. The summed E-state index contributed by atoms with van der Waals surface area (Å²) in [4.78, 5) is 11.8. The third-order valence-corrected chi connectivity index (χ3v) is 4.85. The number of ether oxygens (including phenoxy) is 1. The van der Waals surface area contributed by atoms with E-state index in [1.807, 2.05) is 17.7 Å². The van der Waals surface area contributed by atoms with Crippen molar-refractivity contribution in [3.8, 4) is 6.07 Å². The number of carbonyl (C=O) groups excluding carboxylic acids is 1. The van der Waals surface area contributed by atoms with E-state index in [1.54, 1.807) is 0 Å². The van der Waals surface area contributed by atoms with Crippen molar-refractivity contribution in [2.45, 2.75) is 36.9 Å². The molecule has 2 atom stereocenters. The van der Waals surface area contributed by atoms with Crippen molar-refractivity contribution in [2.24, 2.45) is 0 Å². The predicted octanol–water partition coefficient (Wildman–Crippen LogP) is 1.69. The molecule has 0 aliphatic carbocycles. The number of nitrogens with one attached hydrogen (secondary N) is 1.